The van der Waals surface area contributed by atoms with Crippen LogP contribution in [0.4, 0.5) is 5.69 Å². The standard InChI is InChI=1S/C16H19N3O7/c1-10(2)18(9-15(21)22)14(20)4-3-7-17-12-6-5-11(19(24)25)8-13(12)26-16(17)23/h5-6,8,10H,3-4,7,9H2,1-2H3,(H,21,22). The zero-order valence-electron chi connectivity index (χ0n) is 14.4. The number of hydrogen-bond donors (Lipinski definition) is 1. The maximum atomic E-state index is 12.2. The van der Waals surface area contributed by atoms with Crippen molar-refractivity contribution in [2.24, 2.45) is 0 Å². The Hall–Kier alpha value is -3.17. The Kier molecular flexibility index (Phi) is 5.75. The number of rotatable bonds is 8. The zero-order chi connectivity index (χ0) is 19.4. The van der Waals surface area contributed by atoms with Gasteiger partial charge in [0.25, 0.3) is 5.69 Å². The van der Waals surface area contributed by atoms with Gasteiger partial charge >= 0.3 is 11.7 Å². The van der Waals surface area contributed by atoms with Gasteiger partial charge in [0.2, 0.25) is 5.91 Å². The summed E-state index contributed by atoms with van der Waals surface area (Å²) in [7, 11) is 0. The number of benzene rings is 1. The lowest BCUT2D eigenvalue weighted by Gasteiger charge is -2.24. The van der Waals surface area contributed by atoms with E-state index < -0.39 is 16.6 Å². The van der Waals surface area contributed by atoms with E-state index in [1.807, 2.05) is 0 Å². The topological polar surface area (TPSA) is 136 Å². The zero-order valence-corrected chi connectivity index (χ0v) is 14.4. The summed E-state index contributed by atoms with van der Waals surface area (Å²) < 4.78 is 6.31. The Labute approximate surface area is 147 Å². The summed E-state index contributed by atoms with van der Waals surface area (Å²) in [6.45, 7) is 3.24. The highest BCUT2D eigenvalue weighted by atomic mass is 16.6. The Bertz CT molecular complexity index is 897. The molecule has 1 aromatic heterocycles. The maximum Gasteiger partial charge on any atom is 0.419 e. The number of non-ortho nitro benzene ring substituents is 1. The molecule has 1 amide bonds. The molecule has 2 rings (SSSR count). The lowest BCUT2D eigenvalue weighted by atomic mass is 10.2. The second-order valence-corrected chi connectivity index (χ2v) is 6.04. The van der Waals surface area contributed by atoms with Gasteiger partial charge in [0, 0.05) is 25.1 Å². The van der Waals surface area contributed by atoms with Crippen LogP contribution in [0.2, 0.25) is 0 Å². The van der Waals surface area contributed by atoms with Crippen LogP contribution < -0.4 is 5.76 Å². The monoisotopic (exact) mass is 365 g/mol. The molecule has 10 heteroatoms. The van der Waals surface area contributed by atoms with Crippen molar-refractivity contribution in [2.45, 2.75) is 39.3 Å². The van der Waals surface area contributed by atoms with Gasteiger partial charge in [-0.1, -0.05) is 0 Å². The molecule has 0 aliphatic carbocycles. The predicted molar refractivity (Wildman–Crippen MR) is 90.8 cm³/mol. The first-order valence-electron chi connectivity index (χ1n) is 7.99. The first-order chi connectivity index (χ1) is 12.2. The third-order valence-electron chi connectivity index (χ3n) is 3.88. The number of nitrogens with zero attached hydrogens (tertiary/aromatic N) is 3. The van der Waals surface area contributed by atoms with Crippen molar-refractivity contribution in [3.8, 4) is 0 Å². The molecule has 140 valence electrons. The molecule has 0 saturated heterocycles. The summed E-state index contributed by atoms with van der Waals surface area (Å²) in [4.78, 5) is 46.4. The number of carbonyl (C=O) groups excluding carboxylic acids is 1. The summed E-state index contributed by atoms with van der Waals surface area (Å²) in [6.07, 6.45) is 0.366. The van der Waals surface area contributed by atoms with Crippen molar-refractivity contribution >= 4 is 28.7 Å². The van der Waals surface area contributed by atoms with Crippen LogP contribution in [0, 0.1) is 10.1 Å². The van der Waals surface area contributed by atoms with Gasteiger partial charge in [0.1, 0.15) is 6.54 Å². The molecule has 1 N–H and O–H groups in total. The average Bonchev–Trinajstić information content (AvgIpc) is 2.86. The molecule has 0 radical (unpaired) electrons. The molecule has 0 atom stereocenters. The van der Waals surface area contributed by atoms with Crippen molar-refractivity contribution in [3.05, 3.63) is 38.9 Å². The smallest absolute Gasteiger partial charge is 0.419 e. The molecule has 0 spiro atoms. The number of nitro benzene ring substituents is 1. The Morgan fingerprint density at radius 1 is 1.38 bits per heavy atom. The van der Waals surface area contributed by atoms with Crippen LogP contribution in [0.15, 0.2) is 27.4 Å². The molecule has 0 aliphatic heterocycles. The summed E-state index contributed by atoms with van der Waals surface area (Å²) in [5.41, 5.74) is 0.319. The van der Waals surface area contributed by atoms with E-state index in [-0.39, 0.29) is 42.7 Å². The fourth-order valence-electron chi connectivity index (χ4n) is 2.62. The summed E-state index contributed by atoms with van der Waals surface area (Å²) in [6, 6.07) is 3.61. The molecule has 1 aromatic carbocycles. The largest absolute Gasteiger partial charge is 0.480 e. The number of amides is 1. The molecule has 0 fully saturated rings. The molecule has 2 aromatic rings. The van der Waals surface area contributed by atoms with Crippen LogP contribution in [-0.4, -0.2) is 44.0 Å². The van der Waals surface area contributed by atoms with Crippen molar-refractivity contribution in [1.29, 1.82) is 0 Å². The van der Waals surface area contributed by atoms with Gasteiger partial charge in [0.05, 0.1) is 16.5 Å². The van der Waals surface area contributed by atoms with Gasteiger partial charge < -0.3 is 14.4 Å². The third-order valence-corrected chi connectivity index (χ3v) is 3.88. The van der Waals surface area contributed by atoms with Crippen LogP contribution >= 0.6 is 0 Å². The second-order valence-electron chi connectivity index (χ2n) is 6.04. The highest BCUT2D eigenvalue weighted by Crippen LogP contribution is 2.20. The van der Waals surface area contributed by atoms with Crippen molar-refractivity contribution in [2.75, 3.05) is 6.54 Å². The molecule has 0 unspecified atom stereocenters. The van der Waals surface area contributed by atoms with E-state index in [1.54, 1.807) is 13.8 Å². The number of aliphatic carboxylic acids is 1. The number of aromatic nitrogens is 1. The normalized spacial score (nSPS) is 11.0. The SMILES string of the molecule is CC(C)N(CC(=O)O)C(=O)CCCn1c(=O)oc2cc([N+](=O)[O-])ccc21. The van der Waals surface area contributed by atoms with E-state index in [2.05, 4.69) is 0 Å². The highest BCUT2D eigenvalue weighted by molar-refractivity contribution is 5.81. The average molecular weight is 365 g/mol. The van der Waals surface area contributed by atoms with Gasteiger partial charge in [-0.05, 0) is 26.3 Å². The summed E-state index contributed by atoms with van der Waals surface area (Å²) in [5.74, 6) is -2.08. The van der Waals surface area contributed by atoms with E-state index in [0.717, 1.165) is 0 Å². The number of fused-ring (bicyclic) bond motifs is 1. The molecule has 0 saturated carbocycles. The second kappa shape index (κ2) is 7.81. The number of hydrogen-bond acceptors (Lipinski definition) is 6. The number of carboxylic acid groups (broad SMARTS) is 1. The van der Waals surface area contributed by atoms with Gasteiger partial charge in [-0.3, -0.25) is 24.3 Å². The van der Waals surface area contributed by atoms with Gasteiger partial charge in [0.15, 0.2) is 5.58 Å². The molecule has 1 heterocycles. The fraction of sp³-hybridized carbons (Fsp3) is 0.438. The van der Waals surface area contributed by atoms with E-state index in [9.17, 15) is 24.5 Å². The fourth-order valence-corrected chi connectivity index (χ4v) is 2.62. The first kappa shape index (κ1) is 19.2. The third kappa shape index (κ3) is 4.26. The van der Waals surface area contributed by atoms with E-state index in [1.165, 1.54) is 27.7 Å². The number of carboxylic acids is 1. The minimum Gasteiger partial charge on any atom is -0.480 e. The predicted octanol–water partition coefficient (Wildman–Crippen LogP) is 1.60. The molecule has 0 aliphatic rings. The highest BCUT2D eigenvalue weighted by Gasteiger charge is 2.20. The minimum absolute atomic E-state index is 0.0670. The Balaban J connectivity index is 2.09. The number of oxazole rings is 1. The minimum atomic E-state index is -1.09. The van der Waals surface area contributed by atoms with Crippen molar-refractivity contribution in [1.82, 2.24) is 9.47 Å². The number of nitro groups is 1. The Morgan fingerprint density at radius 2 is 2.08 bits per heavy atom. The number of carbonyl (C=O) groups is 2. The maximum absolute atomic E-state index is 12.2. The van der Waals surface area contributed by atoms with Crippen LogP contribution in [0.3, 0.4) is 0 Å². The summed E-state index contributed by atoms with van der Waals surface area (Å²) in [5, 5.41) is 19.6. The lowest BCUT2D eigenvalue weighted by Crippen LogP contribution is -2.40. The van der Waals surface area contributed by atoms with Crippen molar-refractivity contribution in [3.63, 3.8) is 0 Å². The molecule has 10 nitrogen and oxygen atoms in total. The molecule has 26 heavy (non-hydrogen) atoms. The van der Waals surface area contributed by atoms with E-state index >= 15 is 0 Å². The first-order valence-corrected chi connectivity index (χ1v) is 7.99. The van der Waals surface area contributed by atoms with Gasteiger partial charge in [-0.25, -0.2) is 4.79 Å². The molecular weight excluding hydrogens is 346 g/mol. The Morgan fingerprint density at radius 3 is 2.65 bits per heavy atom. The van der Waals surface area contributed by atoms with Crippen LogP contribution in [-0.2, 0) is 16.1 Å². The molecular formula is C16H19N3O7. The molecule has 0 bridgehead atoms. The van der Waals surface area contributed by atoms with Crippen LogP contribution in [0.5, 0.6) is 0 Å². The van der Waals surface area contributed by atoms with E-state index in [0.29, 0.717) is 11.9 Å². The van der Waals surface area contributed by atoms with Crippen LogP contribution in [0.1, 0.15) is 26.7 Å². The van der Waals surface area contributed by atoms with E-state index in [4.69, 9.17) is 9.52 Å². The van der Waals surface area contributed by atoms with Crippen LogP contribution in [0.25, 0.3) is 11.1 Å². The summed E-state index contributed by atoms with van der Waals surface area (Å²) >= 11 is 0. The quantitative estimate of drug-likeness (QED) is 0.554. The lowest BCUT2D eigenvalue weighted by molar-refractivity contribution is -0.384. The van der Waals surface area contributed by atoms with Crippen molar-refractivity contribution < 1.29 is 24.0 Å². The number of aryl methyl sites for hydroxylation is 1. The van der Waals surface area contributed by atoms with Gasteiger partial charge in [-0.2, -0.15) is 0 Å². The van der Waals surface area contributed by atoms with Gasteiger partial charge in [-0.15, -0.1) is 0 Å².